The SMILES string of the molecule is O=C(NCc1ccccc1)NC1(C(=O)N2CCC(O)CC2)CCCCC1. The van der Waals surface area contributed by atoms with E-state index in [9.17, 15) is 14.7 Å². The molecule has 6 nitrogen and oxygen atoms in total. The lowest BCUT2D eigenvalue weighted by Crippen LogP contribution is -2.63. The minimum Gasteiger partial charge on any atom is -0.393 e. The Morgan fingerprint density at radius 1 is 1.08 bits per heavy atom. The number of carbonyl (C=O) groups excluding carboxylic acids is 2. The summed E-state index contributed by atoms with van der Waals surface area (Å²) in [6, 6.07) is 9.44. The van der Waals surface area contributed by atoms with Crippen molar-refractivity contribution in [3.8, 4) is 0 Å². The maximum atomic E-state index is 13.2. The predicted molar refractivity (Wildman–Crippen MR) is 99.5 cm³/mol. The van der Waals surface area contributed by atoms with E-state index >= 15 is 0 Å². The van der Waals surface area contributed by atoms with Crippen LogP contribution in [0.2, 0.25) is 0 Å². The van der Waals surface area contributed by atoms with E-state index < -0.39 is 5.54 Å². The summed E-state index contributed by atoms with van der Waals surface area (Å²) < 4.78 is 0. The summed E-state index contributed by atoms with van der Waals surface area (Å²) in [4.78, 5) is 27.5. The Hall–Kier alpha value is -2.08. The summed E-state index contributed by atoms with van der Waals surface area (Å²) in [5.74, 6) is 0.0129. The third kappa shape index (κ3) is 4.55. The Morgan fingerprint density at radius 2 is 1.73 bits per heavy atom. The van der Waals surface area contributed by atoms with Gasteiger partial charge in [-0.15, -0.1) is 0 Å². The predicted octanol–water partition coefficient (Wildman–Crippen LogP) is 2.17. The molecule has 1 saturated carbocycles. The lowest BCUT2D eigenvalue weighted by Gasteiger charge is -2.42. The first kappa shape index (κ1) is 18.7. The van der Waals surface area contributed by atoms with E-state index in [0.29, 0.717) is 45.3 Å². The molecule has 2 fully saturated rings. The van der Waals surface area contributed by atoms with Crippen molar-refractivity contribution >= 4 is 11.9 Å². The van der Waals surface area contributed by atoms with Crippen LogP contribution in [0, 0.1) is 0 Å². The molecule has 0 aromatic heterocycles. The zero-order valence-electron chi connectivity index (χ0n) is 15.2. The van der Waals surface area contributed by atoms with Gasteiger partial charge in [-0.2, -0.15) is 0 Å². The van der Waals surface area contributed by atoms with Crippen molar-refractivity contribution in [3.63, 3.8) is 0 Å². The largest absolute Gasteiger partial charge is 0.393 e. The first-order chi connectivity index (χ1) is 12.6. The highest BCUT2D eigenvalue weighted by molar-refractivity contribution is 5.91. The summed E-state index contributed by atoms with van der Waals surface area (Å²) in [6.07, 6.45) is 5.27. The standard InChI is InChI=1S/C20H29N3O3/c24-17-9-13-23(14-10-17)18(25)20(11-5-2-6-12-20)22-19(26)21-15-16-7-3-1-4-8-16/h1,3-4,7-8,17,24H,2,5-6,9-15H2,(H2,21,22,26). The second-order valence-electron chi connectivity index (χ2n) is 7.46. The van der Waals surface area contributed by atoms with Gasteiger partial charge in [-0.25, -0.2) is 4.79 Å². The number of aliphatic hydroxyl groups excluding tert-OH is 1. The molecule has 1 aliphatic heterocycles. The van der Waals surface area contributed by atoms with Gasteiger partial charge in [0.15, 0.2) is 0 Å². The molecule has 3 amide bonds. The molecule has 26 heavy (non-hydrogen) atoms. The molecule has 1 heterocycles. The number of hydrogen-bond acceptors (Lipinski definition) is 3. The zero-order chi connectivity index (χ0) is 18.4. The molecule has 1 aromatic carbocycles. The van der Waals surface area contributed by atoms with E-state index in [1.54, 1.807) is 0 Å². The number of likely N-dealkylation sites (tertiary alicyclic amines) is 1. The van der Waals surface area contributed by atoms with Crippen LogP contribution >= 0.6 is 0 Å². The van der Waals surface area contributed by atoms with Gasteiger partial charge in [-0.05, 0) is 31.2 Å². The van der Waals surface area contributed by atoms with E-state index in [1.807, 2.05) is 35.2 Å². The summed E-state index contributed by atoms with van der Waals surface area (Å²) in [6.45, 7) is 1.57. The monoisotopic (exact) mass is 359 g/mol. The van der Waals surface area contributed by atoms with Crippen LogP contribution in [0.3, 0.4) is 0 Å². The lowest BCUT2D eigenvalue weighted by molar-refractivity contribution is -0.141. The fraction of sp³-hybridized carbons (Fsp3) is 0.600. The molecule has 142 valence electrons. The molecule has 1 aromatic rings. The Bertz CT molecular complexity index is 606. The average molecular weight is 359 g/mol. The van der Waals surface area contributed by atoms with E-state index in [4.69, 9.17) is 0 Å². The molecule has 3 rings (SSSR count). The summed E-state index contributed by atoms with van der Waals surface area (Å²) in [7, 11) is 0. The maximum Gasteiger partial charge on any atom is 0.315 e. The number of hydrogen-bond donors (Lipinski definition) is 3. The van der Waals surface area contributed by atoms with Gasteiger partial charge in [0.05, 0.1) is 6.10 Å². The van der Waals surface area contributed by atoms with Crippen molar-refractivity contribution in [2.45, 2.75) is 63.1 Å². The molecule has 0 bridgehead atoms. The average Bonchev–Trinajstić information content (AvgIpc) is 2.68. The van der Waals surface area contributed by atoms with Gasteiger partial charge in [-0.3, -0.25) is 4.79 Å². The van der Waals surface area contributed by atoms with E-state index in [0.717, 1.165) is 24.8 Å². The second kappa shape index (κ2) is 8.54. The minimum atomic E-state index is -0.804. The van der Waals surface area contributed by atoms with Crippen molar-refractivity contribution in [2.75, 3.05) is 13.1 Å². The van der Waals surface area contributed by atoms with Crippen LogP contribution in [-0.2, 0) is 11.3 Å². The quantitative estimate of drug-likeness (QED) is 0.771. The van der Waals surface area contributed by atoms with Crippen molar-refractivity contribution in [3.05, 3.63) is 35.9 Å². The van der Waals surface area contributed by atoms with Crippen molar-refractivity contribution < 1.29 is 14.7 Å². The fourth-order valence-corrected chi connectivity index (χ4v) is 3.96. The Morgan fingerprint density at radius 3 is 2.38 bits per heavy atom. The van der Waals surface area contributed by atoms with Crippen LogP contribution in [-0.4, -0.2) is 46.7 Å². The summed E-state index contributed by atoms with van der Waals surface area (Å²) in [5, 5.41) is 15.6. The van der Waals surface area contributed by atoms with Crippen molar-refractivity contribution in [2.24, 2.45) is 0 Å². The van der Waals surface area contributed by atoms with Crippen molar-refractivity contribution in [1.82, 2.24) is 15.5 Å². The van der Waals surface area contributed by atoms with Gasteiger partial charge >= 0.3 is 6.03 Å². The second-order valence-corrected chi connectivity index (χ2v) is 7.46. The number of piperidine rings is 1. The van der Waals surface area contributed by atoms with Crippen LogP contribution in [0.1, 0.15) is 50.5 Å². The molecule has 0 unspecified atom stereocenters. The molecule has 0 radical (unpaired) electrons. The third-order valence-electron chi connectivity index (χ3n) is 5.52. The van der Waals surface area contributed by atoms with Crippen LogP contribution in [0.25, 0.3) is 0 Å². The van der Waals surface area contributed by atoms with Gasteiger partial charge in [0.25, 0.3) is 0 Å². The van der Waals surface area contributed by atoms with Crippen LogP contribution in [0.5, 0.6) is 0 Å². The van der Waals surface area contributed by atoms with Crippen molar-refractivity contribution in [1.29, 1.82) is 0 Å². The number of nitrogens with one attached hydrogen (secondary N) is 2. The number of carbonyl (C=O) groups is 2. The summed E-state index contributed by atoms with van der Waals surface area (Å²) >= 11 is 0. The zero-order valence-corrected chi connectivity index (χ0v) is 15.2. The highest BCUT2D eigenvalue weighted by atomic mass is 16.3. The molecule has 3 N–H and O–H groups in total. The molecule has 6 heteroatoms. The molecule has 1 saturated heterocycles. The molecule has 0 spiro atoms. The van der Waals surface area contributed by atoms with Gasteiger partial charge < -0.3 is 20.6 Å². The molecule has 2 aliphatic rings. The van der Waals surface area contributed by atoms with Gasteiger partial charge in [0, 0.05) is 19.6 Å². The van der Waals surface area contributed by atoms with Crippen LogP contribution in [0.4, 0.5) is 4.79 Å². The summed E-state index contributed by atoms with van der Waals surface area (Å²) in [5.41, 5.74) is 0.220. The van der Waals surface area contributed by atoms with E-state index in [2.05, 4.69) is 10.6 Å². The number of amides is 3. The highest BCUT2D eigenvalue weighted by Gasteiger charge is 2.43. The number of rotatable bonds is 4. The molecular weight excluding hydrogens is 330 g/mol. The normalized spacial score (nSPS) is 20.4. The Kier molecular flexibility index (Phi) is 6.14. The van der Waals surface area contributed by atoms with E-state index in [-0.39, 0.29) is 18.0 Å². The number of urea groups is 1. The first-order valence-corrected chi connectivity index (χ1v) is 9.66. The number of nitrogens with zero attached hydrogens (tertiary/aromatic N) is 1. The highest BCUT2D eigenvalue weighted by Crippen LogP contribution is 2.31. The lowest BCUT2D eigenvalue weighted by atomic mass is 9.80. The topological polar surface area (TPSA) is 81.7 Å². The number of aliphatic hydroxyl groups is 1. The van der Waals surface area contributed by atoms with E-state index in [1.165, 1.54) is 0 Å². The molecule has 0 atom stereocenters. The van der Waals surface area contributed by atoms with Crippen LogP contribution < -0.4 is 10.6 Å². The minimum absolute atomic E-state index is 0.0129. The molecule has 1 aliphatic carbocycles. The van der Waals surface area contributed by atoms with Gasteiger partial charge in [0.2, 0.25) is 5.91 Å². The van der Waals surface area contributed by atoms with Gasteiger partial charge in [-0.1, -0.05) is 49.6 Å². The maximum absolute atomic E-state index is 13.2. The van der Waals surface area contributed by atoms with Gasteiger partial charge in [0.1, 0.15) is 5.54 Å². The Balaban J connectivity index is 1.63. The van der Waals surface area contributed by atoms with Crippen LogP contribution in [0.15, 0.2) is 30.3 Å². The smallest absolute Gasteiger partial charge is 0.315 e. The third-order valence-corrected chi connectivity index (χ3v) is 5.52. The number of benzene rings is 1. The first-order valence-electron chi connectivity index (χ1n) is 9.66. The fourth-order valence-electron chi connectivity index (χ4n) is 3.96. The Labute approximate surface area is 155 Å². The molecular formula is C20H29N3O3.